The molecular weight excluding hydrogens is 508 g/mol. The number of aromatic amines is 1. The number of thiophene rings is 1. The number of fused-ring (bicyclic) bond motifs is 1. The predicted octanol–water partition coefficient (Wildman–Crippen LogP) is 6.03. The lowest BCUT2D eigenvalue weighted by Gasteiger charge is -2.35. The highest BCUT2D eigenvalue weighted by atomic mass is 35.5. The molecule has 37 heavy (non-hydrogen) atoms. The van der Waals surface area contributed by atoms with Gasteiger partial charge in [0, 0.05) is 29.7 Å². The summed E-state index contributed by atoms with van der Waals surface area (Å²) < 4.78 is 5.78. The van der Waals surface area contributed by atoms with Crippen molar-refractivity contribution < 1.29 is 14.3 Å². The minimum Gasteiger partial charge on any atom is -0.372 e. The number of morpholine rings is 1. The molecule has 0 bridgehead atoms. The summed E-state index contributed by atoms with van der Waals surface area (Å²) in [5.41, 5.74) is 4.55. The van der Waals surface area contributed by atoms with Gasteiger partial charge in [-0.3, -0.25) is 14.7 Å². The summed E-state index contributed by atoms with van der Waals surface area (Å²) in [5, 5.41) is 13.4. The molecule has 1 saturated heterocycles. The van der Waals surface area contributed by atoms with Crippen LogP contribution >= 0.6 is 23.7 Å². The van der Waals surface area contributed by atoms with Crippen LogP contribution in [-0.4, -0.2) is 52.2 Å². The third kappa shape index (κ3) is 5.77. The second-order valence-corrected chi connectivity index (χ2v) is 10.1. The van der Waals surface area contributed by atoms with Gasteiger partial charge in [-0.1, -0.05) is 30.3 Å². The fourth-order valence-corrected chi connectivity index (χ4v) is 5.35. The van der Waals surface area contributed by atoms with E-state index in [0.717, 1.165) is 27.7 Å². The maximum Gasteiger partial charge on any atom is 0.266 e. The SMILES string of the molecule is Cc1ccsc1C(=O)Nc1cc(C(=O)N2CC(C)OC(C)C2)ccc1/C=C/c1n[nH]c2ccccc12.Cl. The highest BCUT2D eigenvalue weighted by Gasteiger charge is 2.27. The minimum absolute atomic E-state index is 0. The lowest BCUT2D eigenvalue weighted by Crippen LogP contribution is -2.48. The molecule has 2 aromatic carbocycles. The molecule has 1 aliphatic heterocycles. The lowest BCUT2D eigenvalue weighted by molar-refractivity contribution is -0.0586. The highest BCUT2D eigenvalue weighted by Crippen LogP contribution is 2.26. The number of amides is 2. The summed E-state index contributed by atoms with van der Waals surface area (Å²) >= 11 is 1.40. The molecule has 1 fully saturated rings. The van der Waals surface area contributed by atoms with E-state index in [1.165, 1.54) is 11.3 Å². The Morgan fingerprint density at radius 3 is 2.59 bits per heavy atom. The van der Waals surface area contributed by atoms with Crippen molar-refractivity contribution in [2.24, 2.45) is 0 Å². The zero-order valence-electron chi connectivity index (χ0n) is 20.9. The molecule has 2 unspecified atom stereocenters. The van der Waals surface area contributed by atoms with Crippen LogP contribution in [0, 0.1) is 6.92 Å². The van der Waals surface area contributed by atoms with Gasteiger partial charge in [0.1, 0.15) is 0 Å². The number of H-pyrrole nitrogens is 1. The van der Waals surface area contributed by atoms with Gasteiger partial charge in [0.15, 0.2) is 0 Å². The van der Waals surface area contributed by atoms with Crippen molar-refractivity contribution in [2.45, 2.75) is 33.0 Å². The first-order valence-electron chi connectivity index (χ1n) is 11.9. The molecule has 7 nitrogen and oxygen atoms in total. The van der Waals surface area contributed by atoms with Crippen LogP contribution in [0.2, 0.25) is 0 Å². The van der Waals surface area contributed by atoms with Crippen LogP contribution in [0.4, 0.5) is 5.69 Å². The third-order valence-electron chi connectivity index (χ3n) is 6.24. The number of nitrogens with one attached hydrogen (secondary N) is 2. The maximum absolute atomic E-state index is 13.3. The highest BCUT2D eigenvalue weighted by molar-refractivity contribution is 7.12. The predicted molar refractivity (Wildman–Crippen MR) is 152 cm³/mol. The molecule has 2 N–H and O–H groups in total. The van der Waals surface area contributed by atoms with Crippen molar-refractivity contribution in [1.29, 1.82) is 0 Å². The van der Waals surface area contributed by atoms with Gasteiger partial charge in [-0.25, -0.2) is 0 Å². The smallest absolute Gasteiger partial charge is 0.266 e. The van der Waals surface area contributed by atoms with Crippen LogP contribution in [0.15, 0.2) is 53.9 Å². The third-order valence-corrected chi connectivity index (χ3v) is 7.26. The molecule has 2 aromatic heterocycles. The number of para-hydroxylation sites is 1. The van der Waals surface area contributed by atoms with Crippen molar-refractivity contribution in [1.82, 2.24) is 15.1 Å². The Morgan fingerprint density at radius 1 is 1.11 bits per heavy atom. The van der Waals surface area contributed by atoms with E-state index < -0.39 is 0 Å². The molecule has 0 spiro atoms. The topological polar surface area (TPSA) is 87.3 Å². The number of anilines is 1. The van der Waals surface area contributed by atoms with Crippen LogP contribution in [0.1, 0.15) is 50.7 Å². The molecule has 0 radical (unpaired) electrons. The number of carbonyl (C=O) groups excluding carboxylic acids is 2. The lowest BCUT2D eigenvalue weighted by atomic mass is 10.1. The van der Waals surface area contributed by atoms with Crippen molar-refractivity contribution in [3.63, 3.8) is 0 Å². The Morgan fingerprint density at radius 2 is 1.86 bits per heavy atom. The second kappa shape index (κ2) is 11.3. The van der Waals surface area contributed by atoms with E-state index >= 15 is 0 Å². The van der Waals surface area contributed by atoms with E-state index in [0.29, 0.717) is 29.2 Å². The van der Waals surface area contributed by atoms with Crippen molar-refractivity contribution in [2.75, 3.05) is 18.4 Å². The molecule has 192 valence electrons. The summed E-state index contributed by atoms with van der Waals surface area (Å²) in [7, 11) is 0. The van der Waals surface area contributed by atoms with E-state index in [1.54, 1.807) is 6.07 Å². The molecule has 2 amide bonds. The molecule has 2 atom stereocenters. The first kappa shape index (κ1) is 26.6. The number of nitrogens with zero attached hydrogens (tertiary/aromatic N) is 2. The number of aryl methyl sites for hydroxylation is 1. The van der Waals surface area contributed by atoms with Gasteiger partial charge in [0.25, 0.3) is 11.8 Å². The Bertz CT molecular complexity index is 1450. The van der Waals surface area contributed by atoms with Crippen LogP contribution < -0.4 is 5.32 Å². The van der Waals surface area contributed by atoms with E-state index in [9.17, 15) is 9.59 Å². The summed E-state index contributed by atoms with van der Waals surface area (Å²) in [6.45, 7) is 6.92. The summed E-state index contributed by atoms with van der Waals surface area (Å²) in [5.74, 6) is -0.269. The van der Waals surface area contributed by atoms with E-state index in [4.69, 9.17) is 4.74 Å². The van der Waals surface area contributed by atoms with Crippen molar-refractivity contribution >= 4 is 64.3 Å². The normalized spacial score (nSPS) is 17.6. The first-order valence-corrected chi connectivity index (χ1v) is 12.8. The van der Waals surface area contributed by atoms with E-state index in [-0.39, 0.29) is 36.4 Å². The van der Waals surface area contributed by atoms with Gasteiger partial charge in [0.05, 0.1) is 28.3 Å². The number of halogens is 1. The number of hydrogen-bond donors (Lipinski definition) is 2. The number of benzene rings is 2. The van der Waals surface area contributed by atoms with Gasteiger partial charge in [-0.05, 0) is 67.6 Å². The largest absolute Gasteiger partial charge is 0.372 e. The summed E-state index contributed by atoms with van der Waals surface area (Å²) in [4.78, 5) is 28.9. The molecule has 4 aromatic rings. The van der Waals surface area contributed by atoms with Gasteiger partial charge in [-0.2, -0.15) is 5.10 Å². The zero-order valence-corrected chi connectivity index (χ0v) is 22.5. The van der Waals surface area contributed by atoms with Crippen LogP contribution in [0.5, 0.6) is 0 Å². The fraction of sp³-hybridized carbons (Fsp3) is 0.250. The van der Waals surface area contributed by atoms with Gasteiger partial charge < -0.3 is 15.0 Å². The Labute approximate surface area is 225 Å². The van der Waals surface area contributed by atoms with Crippen molar-refractivity contribution in [3.8, 4) is 0 Å². The van der Waals surface area contributed by atoms with Crippen LogP contribution in [0.3, 0.4) is 0 Å². The molecular formula is C28H29ClN4O3S. The minimum atomic E-state index is -0.194. The molecule has 5 rings (SSSR count). The molecule has 3 heterocycles. The van der Waals surface area contributed by atoms with E-state index in [1.807, 2.05) is 85.7 Å². The second-order valence-electron chi connectivity index (χ2n) is 9.14. The zero-order chi connectivity index (χ0) is 25.2. The van der Waals surface area contributed by atoms with Crippen LogP contribution in [0.25, 0.3) is 23.1 Å². The Hall–Kier alpha value is -3.46. The number of rotatable bonds is 5. The molecule has 0 saturated carbocycles. The fourth-order valence-electron chi connectivity index (χ4n) is 4.53. The summed E-state index contributed by atoms with van der Waals surface area (Å²) in [6, 6.07) is 15.3. The first-order chi connectivity index (χ1) is 17.4. The standard InChI is InChI=1S/C28H28N4O3S.ClH/c1-17-12-13-36-26(17)27(33)29-25-14-21(28(34)32-15-18(2)35-19(3)16-32)9-8-20(25)10-11-24-22-6-4-5-7-23(22)30-31-24;/h4-14,18-19H,15-16H2,1-3H3,(H,29,33)(H,30,31);1H/b11-10+;. The average Bonchev–Trinajstić information content (AvgIpc) is 3.48. The Kier molecular flexibility index (Phi) is 8.12. The van der Waals surface area contributed by atoms with Crippen molar-refractivity contribution in [3.05, 3.63) is 81.2 Å². The number of ether oxygens (including phenoxy) is 1. The van der Waals surface area contributed by atoms with Gasteiger partial charge >= 0.3 is 0 Å². The summed E-state index contributed by atoms with van der Waals surface area (Å²) in [6.07, 6.45) is 3.77. The Balaban J connectivity index is 0.00000320. The van der Waals surface area contributed by atoms with E-state index in [2.05, 4.69) is 15.5 Å². The number of carbonyl (C=O) groups is 2. The number of hydrogen-bond acceptors (Lipinski definition) is 5. The molecule has 9 heteroatoms. The number of aromatic nitrogens is 2. The molecule has 1 aliphatic rings. The van der Waals surface area contributed by atoms with Gasteiger partial charge in [-0.15, -0.1) is 23.7 Å². The van der Waals surface area contributed by atoms with Gasteiger partial charge in [0.2, 0.25) is 0 Å². The van der Waals surface area contributed by atoms with Crippen LogP contribution in [-0.2, 0) is 4.74 Å². The monoisotopic (exact) mass is 536 g/mol. The maximum atomic E-state index is 13.3. The quantitative estimate of drug-likeness (QED) is 0.326. The average molecular weight is 537 g/mol. The molecule has 0 aliphatic carbocycles.